The van der Waals surface area contributed by atoms with Gasteiger partial charge in [0.05, 0.1) is 12.6 Å². The molecular weight excluding hydrogens is 226 g/mol. The third kappa shape index (κ3) is 3.83. The molecule has 0 aliphatic rings. The van der Waals surface area contributed by atoms with Crippen LogP contribution in [0.2, 0.25) is 5.02 Å². The van der Waals surface area contributed by atoms with Crippen molar-refractivity contribution in [2.45, 2.75) is 19.4 Å². The summed E-state index contributed by atoms with van der Waals surface area (Å²) >= 11 is 5.75. The van der Waals surface area contributed by atoms with Gasteiger partial charge >= 0.3 is 0 Å². The maximum absolute atomic E-state index is 11.8. The molecule has 0 aliphatic carbocycles. The Morgan fingerprint density at radius 2 is 2.06 bits per heavy atom. The van der Waals surface area contributed by atoms with Gasteiger partial charge in [0.15, 0.2) is 0 Å². The van der Waals surface area contributed by atoms with Gasteiger partial charge in [0.25, 0.3) is 5.91 Å². The van der Waals surface area contributed by atoms with E-state index in [1.54, 1.807) is 31.4 Å². The van der Waals surface area contributed by atoms with Crippen LogP contribution in [0.3, 0.4) is 0 Å². The van der Waals surface area contributed by atoms with Crippen LogP contribution in [0.1, 0.15) is 23.7 Å². The van der Waals surface area contributed by atoms with Crippen molar-refractivity contribution in [3.05, 3.63) is 34.9 Å². The van der Waals surface area contributed by atoms with Crippen molar-refractivity contribution in [1.29, 1.82) is 0 Å². The van der Waals surface area contributed by atoms with Gasteiger partial charge in [0.1, 0.15) is 0 Å². The summed E-state index contributed by atoms with van der Waals surface area (Å²) in [5, 5.41) is 3.52. The number of nitrogens with one attached hydrogen (secondary N) is 1. The minimum absolute atomic E-state index is 0.0492. The molecule has 1 aromatic carbocycles. The third-order valence-corrected chi connectivity index (χ3v) is 2.55. The first-order valence-electron chi connectivity index (χ1n) is 5.22. The number of carbonyl (C=O) groups excluding carboxylic acids is 1. The van der Waals surface area contributed by atoms with Crippen LogP contribution in [-0.2, 0) is 4.74 Å². The van der Waals surface area contributed by atoms with E-state index in [2.05, 4.69) is 5.32 Å². The number of benzene rings is 1. The minimum atomic E-state index is -0.0967. The number of hydrogen-bond donors (Lipinski definition) is 1. The summed E-state index contributed by atoms with van der Waals surface area (Å²) in [6.07, 6.45) is 0.840. The normalized spacial score (nSPS) is 12.2. The summed E-state index contributed by atoms with van der Waals surface area (Å²) in [4.78, 5) is 11.8. The van der Waals surface area contributed by atoms with Gasteiger partial charge in [0, 0.05) is 17.7 Å². The molecule has 0 unspecified atom stereocenters. The number of rotatable bonds is 5. The van der Waals surface area contributed by atoms with Crippen molar-refractivity contribution in [2.24, 2.45) is 0 Å². The smallest absolute Gasteiger partial charge is 0.251 e. The Labute approximate surface area is 101 Å². The molecular formula is C12H16ClNO2. The quantitative estimate of drug-likeness (QED) is 0.860. The molecule has 1 N–H and O–H groups in total. The maximum Gasteiger partial charge on any atom is 0.251 e. The van der Waals surface area contributed by atoms with Crippen LogP contribution in [-0.4, -0.2) is 25.7 Å². The number of hydrogen-bond acceptors (Lipinski definition) is 2. The average Bonchev–Trinajstić information content (AvgIpc) is 2.29. The Bertz CT molecular complexity index is 337. The third-order valence-electron chi connectivity index (χ3n) is 2.30. The number of methoxy groups -OCH3 is 1. The molecule has 0 heterocycles. The van der Waals surface area contributed by atoms with Crippen LogP contribution in [0, 0.1) is 0 Å². The summed E-state index contributed by atoms with van der Waals surface area (Å²) in [6.45, 7) is 2.53. The predicted molar refractivity (Wildman–Crippen MR) is 64.9 cm³/mol. The second kappa shape index (κ2) is 6.51. The number of halogens is 1. The van der Waals surface area contributed by atoms with Crippen molar-refractivity contribution in [2.75, 3.05) is 13.7 Å². The largest absolute Gasteiger partial charge is 0.383 e. The van der Waals surface area contributed by atoms with E-state index in [9.17, 15) is 4.79 Å². The van der Waals surface area contributed by atoms with Crippen LogP contribution in [0.4, 0.5) is 0 Å². The predicted octanol–water partition coefficient (Wildman–Crippen LogP) is 2.49. The highest BCUT2D eigenvalue weighted by atomic mass is 35.5. The van der Waals surface area contributed by atoms with E-state index in [0.29, 0.717) is 17.2 Å². The molecule has 0 saturated heterocycles. The molecule has 88 valence electrons. The van der Waals surface area contributed by atoms with Gasteiger partial charge in [-0.1, -0.05) is 18.5 Å². The number of carbonyl (C=O) groups is 1. The Kier molecular flexibility index (Phi) is 5.29. The van der Waals surface area contributed by atoms with E-state index in [1.807, 2.05) is 6.92 Å². The lowest BCUT2D eigenvalue weighted by atomic mass is 10.2. The zero-order chi connectivity index (χ0) is 12.0. The lowest BCUT2D eigenvalue weighted by molar-refractivity contribution is 0.0894. The molecule has 1 atom stereocenters. The van der Waals surface area contributed by atoms with Gasteiger partial charge in [-0.3, -0.25) is 4.79 Å². The lowest BCUT2D eigenvalue weighted by Gasteiger charge is -2.15. The van der Waals surface area contributed by atoms with Gasteiger partial charge < -0.3 is 10.1 Å². The van der Waals surface area contributed by atoms with Crippen LogP contribution in [0.15, 0.2) is 24.3 Å². The second-order valence-electron chi connectivity index (χ2n) is 3.54. The van der Waals surface area contributed by atoms with E-state index in [-0.39, 0.29) is 11.9 Å². The van der Waals surface area contributed by atoms with Gasteiger partial charge in [-0.25, -0.2) is 0 Å². The van der Waals surface area contributed by atoms with E-state index in [4.69, 9.17) is 16.3 Å². The van der Waals surface area contributed by atoms with E-state index >= 15 is 0 Å². The minimum Gasteiger partial charge on any atom is -0.383 e. The fourth-order valence-electron chi connectivity index (χ4n) is 1.33. The van der Waals surface area contributed by atoms with Crippen LogP contribution in [0.5, 0.6) is 0 Å². The topological polar surface area (TPSA) is 38.3 Å². The first-order chi connectivity index (χ1) is 7.67. The van der Waals surface area contributed by atoms with Crippen molar-refractivity contribution >= 4 is 17.5 Å². The number of ether oxygens (including phenoxy) is 1. The van der Waals surface area contributed by atoms with Crippen molar-refractivity contribution in [3.8, 4) is 0 Å². The second-order valence-corrected chi connectivity index (χ2v) is 3.98. The standard InChI is InChI=1S/C12H16ClNO2/c1-3-11(8-16-2)14-12(15)9-4-6-10(13)7-5-9/h4-7,11H,3,8H2,1-2H3,(H,14,15)/t11-/m1/s1. The molecule has 16 heavy (non-hydrogen) atoms. The highest BCUT2D eigenvalue weighted by Crippen LogP contribution is 2.09. The molecule has 0 aromatic heterocycles. The monoisotopic (exact) mass is 241 g/mol. The Balaban J connectivity index is 2.60. The Morgan fingerprint density at radius 3 is 2.56 bits per heavy atom. The highest BCUT2D eigenvalue weighted by Gasteiger charge is 2.11. The molecule has 1 aromatic rings. The molecule has 1 rings (SSSR count). The average molecular weight is 242 g/mol. The molecule has 0 spiro atoms. The van der Waals surface area contributed by atoms with Crippen LogP contribution in [0.25, 0.3) is 0 Å². The molecule has 4 heteroatoms. The first-order valence-corrected chi connectivity index (χ1v) is 5.60. The fourth-order valence-corrected chi connectivity index (χ4v) is 1.46. The Hall–Kier alpha value is -1.06. The summed E-state index contributed by atoms with van der Waals surface area (Å²) in [5.74, 6) is -0.0967. The van der Waals surface area contributed by atoms with Gasteiger partial charge in [0.2, 0.25) is 0 Å². The summed E-state index contributed by atoms with van der Waals surface area (Å²) in [6, 6.07) is 6.86. The van der Waals surface area contributed by atoms with Gasteiger partial charge in [-0.15, -0.1) is 0 Å². The number of amides is 1. The van der Waals surface area contributed by atoms with Gasteiger partial charge in [-0.05, 0) is 30.7 Å². The van der Waals surface area contributed by atoms with E-state index in [0.717, 1.165) is 6.42 Å². The van der Waals surface area contributed by atoms with Crippen molar-refractivity contribution in [1.82, 2.24) is 5.32 Å². The first kappa shape index (κ1) is 13.0. The lowest BCUT2D eigenvalue weighted by Crippen LogP contribution is -2.37. The highest BCUT2D eigenvalue weighted by molar-refractivity contribution is 6.30. The fraction of sp³-hybridized carbons (Fsp3) is 0.417. The van der Waals surface area contributed by atoms with E-state index < -0.39 is 0 Å². The van der Waals surface area contributed by atoms with Crippen molar-refractivity contribution in [3.63, 3.8) is 0 Å². The zero-order valence-electron chi connectivity index (χ0n) is 9.50. The zero-order valence-corrected chi connectivity index (χ0v) is 10.3. The molecule has 1 amide bonds. The maximum atomic E-state index is 11.8. The summed E-state index contributed by atoms with van der Waals surface area (Å²) in [7, 11) is 1.62. The molecule has 3 nitrogen and oxygen atoms in total. The molecule has 0 saturated carbocycles. The Morgan fingerprint density at radius 1 is 1.44 bits per heavy atom. The van der Waals surface area contributed by atoms with Crippen LogP contribution < -0.4 is 5.32 Å². The summed E-state index contributed by atoms with van der Waals surface area (Å²) < 4.78 is 5.01. The molecule has 0 aliphatic heterocycles. The molecule has 0 radical (unpaired) electrons. The molecule has 0 fully saturated rings. The molecule has 0 bridgehead atoms. The summed E-state index contributed by atoms with van der Waals surface area (Å²) in [5.41, 5.74) is 0.610. The van der Waals surface area contributed by atoms with Crippen LogP contribution >= 0.6 is 11.6 Å². The SMILES string of the molecule is CC[C@H](COC)NC(=O)c1ccc(Cl)cc1. The van der Waals surface area contributed by atoms with Crippen molar-refractivity contribution < 1.29 is 9.53 Å². The van der Waals surface area contributed by atoms with Gasteiger partial charge in [-0.2, -0.15) is 0 Å². The van der Waals surface area contributed by atoms with E-state index in [1.165, 1.54) is 0 Å².